The predicted molar refractivity (Wildman–Crippen MR) is 87.1 cm³/mol. The van der Waals surface area contributed by atoms with Gasteiger partial charge in [0, 0.05) is 11.4 Å². The molecule has 1 aromatic heterocycles. The summed E-state index contributed by atoms with van der Waals surface area (Å²) in [6, 6.07) is 9.33. The quantitative estimate of drug-likeness (QED) is 0.933. The Morgan fingerprint density at radius 3 is 2.61 bits per heavy atom. The number of guanidine groups is 1. The molecule has 0 atom stereocenters. The van der Waals surface area contributed by atoms with Crippen LogP contribution in [0.15, 0.2) is 35.3 Å². The summed E-state index contributed by atoms with van der Waals surface area (Å²) in [6.07, 6.45) is 0. The molecule has 3 rings (SSSR count). The van der Waals surface area contributed by atoms with Gasteiger partial charge in [0.1, 0.15) is 12.3 Å². The number of rotatable bonds is 3. The molecule has 1 fully saturated rings. The monoisotopic (exact) mass is 311 g/mol. The molecule has 0 spiro atoms. The van der Waals surface area contributed by atoms with E-state index in [4.69, 9.17) is 4.74 Å². The molecule has 1 aliphatic heterocycles. The standard InChI is InChI=1S/C16H17N5O2/c1-10-8-11(2)18-15(17-10)20-16-19-14(22)9-21(16)12-6-4-5-7-13(12)23-3/h4-8H,9H2,1-3H3,(H,17,18,19,20,22). The van der Waals surface area contributed by atoms with Crippen LogP contribution in [0.1, 0.15) is 11.4 Å². The van der Waals surface area contributed by atoms with E-state index in [-0.39, 0.29) is 12.5 Å². The van der Waals surface area contributed by atoms with Crippen molar-refractivity contribution in [3.05, 3.63) is 41.7 Å². The summed E-state index contributed by atoms with van der Waals surface area (Å²) < 4.78 is 5.36. The minimum Gasteiger partial charge on any atom is -0.495 e. The van der Waals surface area contributed by atoms with E-state index in [2.05, 4.69) is 20.3 Å². The van der Waals surface area contributed by atoms with E-state index in [1.807, 2.05) is 44.2 Å². The Morgan fingerprint density at radius 1 is 1.22 bits per heavy atom. The van der Waals surface area contributed by atoms with Crippen molar-refractivity contribution < 1.29 is 9.53 Å². The summed E-state index contributed by atoms with van der Waals surface area (Å²) >= 11 is 0. The van der Waals surface area contributed by atoms with Crippen LogP contribution in [0.3, 0.4) is 0 Å². The topological polar surface area (TPSA) is 79.7 Å². The van der Waals surface area contributed by atoms with Crippen LogP contribution in [0.5, 0.6) is 5.75 Å². The summed E-state index contributed by atoms with van der Waals surface area (Å²) in [5.74, 6) is 1.24. The third-order valence-corrected chi connectivity index (χ3v) is 3.36. The average Bonchev–Trinajstić information content (AvgIpc) is 2.86. The fourth-order valence-electron chi connectivity index (χ4n) is 2.44. The third kappa shape index (κ3) is 3.13. The number of nitrogens with one attached hydrogen (secondary N) is 1. The van der Waals surface area contributed by atoms with Crippen molar-refractivity contribution in [2.75, 3.05) is 18.6 Å². The van der Waals surface area contributed by atoms with E-state index in [1.54, 1.807) is 12.0 Å². The average molecular weight is 311 g/mol. The number of methoxy groups -OCH3 is 1. The number of aromatic nitrogens is 2. The lowest BCUT2D eigenvalue weighted by molar-refractivity contribution is -0.117. The van der Waals surface area contributed by atoms with E-state index in [9.17, 15) is 4.79 Å². The predicted octanol–water partition coefficient (Wildman–Crippen LogP) is 1.73. The smallest absolute Gasteiger partial charge is 0.253 e. The van der Waals surface area contributed by atoms with Crippen LogP contribution in [-0.4, -0.2) is 35.5 Å². The van der Waals surface area contributed by atoms with Gasteiger partial charge in [0.05, 0.1) is 12.8 Å². The van der Waals surface area contributed by atoms with Gasteiger partial charge in [-0.05, 0) is 32.0 Å². The summed E-state index contributed by atoms with van der Waals surface area (Å²) in [4.78, 5) is 26.6. The van der Waals surface area contributed by atoms with E-state index in [1.165, 1.54) is 0 Å². The highest BCUT2D eigenvalue weighted by Gasteiger charge is 2.28. The molecule has 2 aromatic rings. The Morgan fingerprint density at radius 2 is 1.91 bits per heavy atom. The molecular weight excluding hydrogens is 294 g/mol. The normalized spacial score (nSPS) is 15.9. The number of aliphatic imine (C=N–C) groups is 1. The largest absolute Gasteiger partial charge is 0.495 e. The fourth-order valence-corrected chi connectivity index (χ4v) is 2.44. The van der Waals surface area contributed by atoms with Gasteiger partial charge in [-0.3, -0.25) is 15.0 Å². The number of anilines is 1. The number of para-hydroxylation sites is 2. The number of carbonyl (C=O) groups excluding carboxylic acids is 1. The van der Waals surface area contributed by atoms with Gasteiger partial charge >= 0.3 is 0 Å². The Balaban J connectivity index is 2.03. The summed E-state index contributed by atoms with van der Waals surface area (Å²) in [7, 11) is 1.59. The molecule has 1 amide bonds. The van der Waals surface area contributed by atoms with Crippen molar-refractivity contribution in [3.63, 3.8) is 0 Å². The van der Waals surface area contributed by atoms with Gasteiger partial charge in [0.25, 0.3) is 5.95 Å². The molecular formula is C16H17N5O2. The van der Waals surface area contributed by atoms with Crippen LogP contribution >= 0.6 is 0 Å². The van der Waals surface area contributed by atoms with Gasteiger partial charge in [-0.15, -0.1) is 0 Å². The summed E-state index contributed by atoms with van der Waals surface area (Å²) in [6.45, 7) is 3.93. The van der Waals surface area contributed by atoms with Crippen LogP contribution in [0.25, 0.3) is 0 Å². The minimum atomic E-state index is -0.140. The third-order valence-electron chi connectivity index (χ3n) is 3.36. The summed E-state index contributed by atoms with van der Waals surface area (Å²) in [5.41, 5.74) is 2.41. The van der Waals surface area contributed by atoms with Crippen LogP contribution < -0.4 is 15.0 Å². The zero-order chi connectivity index (χ0) is 16.4. The number of hydrogen-bond donors (Lipinski definition) is 1. The van der Waals surface area contributed by atoms with Crippen LogP contribution in [0.2, 0.25) is 0 Å². The Bertz CT molecular complexity index is 768. The molecule has 0 saturated carbocycles. The highest BCUT2D eigenvalue weighted by atomic mass is 16.5. The molecule has 2 heterocycles. The molecule has 0 bridgehead atoms. The van der Waals surface area contributed by atoms with Gasteiger partial charge in [-0.2, -0.15) is 4.99 Å². The molecule has 23 heavy (non-hydrogen) atoms. The van der Waals surface area contributed by atoms with Crippen LogP contribution in [0, 0.1) is 13.8 Å². The molecule has 7 nitrogen and oxygen atoms in total. The Hall–Kier alpha value is -2.96. The Labute approximate surface area is 134 Å². The molecule has 1 saturated heterocycles. The number of aryl methyl sites for hydroxylation is 2. The maximum absolute atomic E-state index is 11.8. The minimum absolute atomic E-state index is 0.140. The molecule has 7 heteroatoms. The van der Waals surface area contributed by atoms with Crippen molar-refractivity contribution >= 4 is 23.5 Å². The first-order valence-electron chi connectivity index (χ1n) is 7.18. The fraction of sp³-hybridized carbons (Fsp3) is 0.250. The van der Waals surface area contributed by atoms with E-state index >= 15 is 0 Å². The van der Waals surface area contributed by atoms with Crippen LogP contribution in [0.4, 0.5) is 11.6 Å². The number of benzene rings is 1. The van der Waals surface area contributed by atoms with Gasteiger partial charge in [0.2, 0.25) is 11.9 Å². The molecule has 1 aromatic carbocycles. The lowest BCUT2D eigenvalue weighted by atomic mass is 10.2. The van der Waals surface area contributed by atoms with E-state index < -0.39 is 0 Å². The first-order chi connectivity index (χ1) is 11.1. The van der Waals surface area contributed by atoms with Gasteiger partial charge in [0.15, 0.2) is 0 Å². The second kappa shape index (κ2) is 6.04. The molecule has 118 valence electrons. The second-order valence-electron chi connectivity index (χ2n) is 5.19. The molecule has 1 aliphatic rings. The maximum Gasteiger partial charge on any atom is 0.253 e. The van der Waals surface area contributed by atoms with E-state index in [0.717, 1.165) is 17.1 Å². The summed E-state index contributed by atoms with van der Waals surface area (Å²) in [5, 5.41) is 2.74. The van der Waals surface area contributed by atoms with Gasteiger partial charge in [-0.1, -0.05) is 12.1 Å². The number of ether oxygens (including phenoxy) is 1. The molecule has 0 radical (unpaired) electrons. The number of nitrogens with zero attached hydrogens (tertiary/aromatic N) is 4. The van der Waals surface area contributed by atoms with Crippen molar-refractivity contribution in [1.82, 2.24) is 15.3 Å². The highest BCUT2D eigenvalue weighted by Crippen LogP contribution is 2.29. The Kier molecular flexibility index (Phi) is 3.92. The van der Waals surface area contributed by atoms with Crippen molar-refractivity contribution in [2.45, 2.75) is 13.8 Å². The van der Waals surface area contributed by atoms with Gasteiger partial charge < -0.3 is 4.74 Å². The van der Waals surface area contributed by atoms with Crippen molar-refractivity contribution in [3.8, 4) is 5.75 Å². The molecule has 1 N–H and O–H groups in total. The molecule has 0 unspecified atom stereocenters. The zero-order valence-electron chi connectivity index (χ0n) is 13.2. The van der Waals surface area contributed by atoms with Gasteiger partial charge in [-0.25, -0.2) is 9.97 Å². The molecule has 0 aliphatic carbocycles. The lowest BCUT2D eigenvalue weighted by Crippen LogP contribution is -2.30. The highest BCUT2D eigenvalue weighted by molar-refractivity contribution is 6.15. The lowest BCUT2D eigenvalue weighted by Gasteiger charge is -2.19. The number of hydrogen-bond acceptors (Lipinski definition) is 5. The second-order valence-corrected chi connectivity index (χ2v) is 5.19. The van der Waals surface area contributed by atoms with Crippen molar-refractivity contribution in [2.24, 2.45) is 4.99 Å². The zero-order valence-corrected chi connectivity index (χ0v) is 13.2. The first-order valence-corrected chi connectivity index (χ1v) is 7.18. The van der Waals surface area contributed by atoms with Crippen LogP contribution in [-0.2, 0) is 4.79 Å². The van der Waals surface area contributed by atoms with Crippen molar-refractivity contribution in [1.29, 1.82) is 0 Å². The maximum atomic E-state index is 11.8. The SMILES string of the molecule is COc1ccccc1N1CC(=O)N/C1=N\c1nc(C)cc(C)n1. The number of carbonyl (C=O) groups is 1. The van der Waals surface area contributed by atoms with E-state index in [0.29, 0.717) is 17.7 Å². The first kappa shape index (κ1) is 15.0. The number of amides is 1.